The first kappa shape index (κ1) is 14.3. The topological polar surface area (TPSA) is 72.2 Å². The van der Waals surface area contributed by atoms with Crippen molar-refractivity contribution in [3.05, 3.63) is 23.8 Å². The molecule has 0 radical (unpaired) electrons. The summed E-state index contributed by atoms with van der Waals surface area (Å²) in [6.45, 7) is 1.76. The van der Waals surface area contributed by atoms with E-state index in [4.69, 9.17) is 5.14 Å². The number of rotatable bonds is 3. The number of sulfonamides is 1. The van der Waals surface area contributed by atoms with Crippen molar-refractivity contribution in [1.82, 2.24) is 0 Å². The molecular formula is C14H22N2O2S. The van der Waals surface area contributed by atoms with Gasteiger partial charge < -0.3 is 5.32 Å². The van der Waals surface area contributed by atoms with Gasteiger partial charge in [-0.2, -0.15) is 0 Å². The molecule has 5 heteroatoms. The minimum Gasteiger partial charge on any atom is -0.382 e. The summed E-state index contributed by atoms with van der Waals surface area (Å²) in [5, 5.41) is 8.67. The van der Waals surface area contributed by atoms with Crippen LogP contribution in [0.3, 0.4) is 0 Å². The van der Waals surface area contributed by atoms with E-state index in [1.807, 2.05) is 6.07 Å². The SMILES string of the molecule is Cc1ccc(NC2CCCCCC2)cc1S(N)(=O)=O. The van der Waals surface area contributed by atoms with E-state index in [2.05, 4.69) is 5.32 Å². The molecule has 0 saturated heterocycles. The van der Waals surface area contributed by atoms with Gasteiger partial charge in [-0.15, -0.1) is 0 Å². The van der Waals surface area contributed by atoms with Gasteiger partial charge in [0, 0.05) is 11.7 Å². The van der Waals surface area contributed by atoms with Crippen molar-refractivity contribution in [2.75, 3.05) is 5.32 Å². The molecule has 0 spiro atoms. The Kier molecular flexibility index (Phi) is 4.47. The van der Waals surface area contributed by atoms with Gasteiger partial charge in [-0.3, -0.25) is 0 Å². The van der Waals surface area contributed by atoms with Crippen molar-refractivity contribution in [3.63, 3.8) is 0 Å². The third kappa shape index (κ3) is 3.94. The second-order valence-corrected chi connectivity index (χ2v) is 6.89. The zero-order valence-electron chi connectivity index (χ0n) is 11.4. The predicted octanol–water partition coefficient (Wildman–Crippen LogP) is 2.78. The molecule has 0 aliphatic heterocycles. The van der Waals surface area contributed by atoms with Crippen molar-refractivity contribution in [2.45, 2.75) is 56.4 Å². The molecule has 0 bridgehead atoms. The fraction of sp³-hybridized carbons (Fsp3) is 0.571. The largest absolute Gasteiger partial charge is 0.382 e. The average molecular weight is 282 g/mol. The Hall–Kier alpha value is -1.07. The third-order valence-corrected chi connectivity index (χ3v) is 4.77. The van der Waals surface area contributed by atoms with E-state index >= 15 is 0 Å². The smallest absolute Gasteiger partial charge is 0.238 e. The fourth-order valence-corrected chi connectivity index (χ4v) is 3.46. The van der Waals surface area contributed by atoms with Crippen molar-refractivity contribution in [3.8, 4) is 0 Å². The van der Waals surface area contributed by atoms with Crippen molar-refractivity contribution >= 4 is 15.7 Å². The number of hydrogen-bond donors (Lipinski definition) is 2. The van der Waals surface area contributed by atoms with Crippen molar-refractivity contribution in [2.24, 2.45) is 5.14 Å². The van der Waals surface area contributed by atoms with Crippen LogP contribution < -0.4 is 10.5 Å². The van der Waals surface area contributed by atoms with Gasteiger partial charge in [0.1, 0.15) is 0 Å². The summed E-state index contributed by atoms with van der Waals surface area (Å²) < 4.78 is 23.0. The van der Waals surface area contributed by atoms with E-state index in [1.165, 1.54) is 25.7 Å². The summed E-state index contributed by atoms with van der Waals surface area (Å²) in [7, 11) is -3.64. The zero-order valence-corrected chi connectivity index (χ0v) is 12.2. The number of aryl methyl sites for hydroxylation is 1. The van der Waals surface area contributed by atoms with Crippen LogP contribution in [-0.2, 0) is 10.0 Å². The Labute approximate surface area is 115 Å². The number of benzene rings is 1. The molecular weight excluding hydrogens is 260 g/mol. The number of nitrogens with one attached hydrogen (secondary N) is 1. The molecule has 1 aromatic carbocycles. The van der Waals surface area contributed by atoms with Gasteiger partial charge in [0.05, 0.1) is 4.90 Å². The molecule has 1 aromatic rings. The fourth-order valence-electron chi connectivity index (χ4n) is 2.66. The summed E-state index contributed by atoms with van der Waals surface area (Å²) in [6, 6.07) is 5.82. The first-order chi connectivity index (χ1) is 8.97. The number of hydrogen-bond acceptors (Lipinski definition) is 3. The highest BCUT2D eigenvalue weighted by molar-refractivity contribution is 7.89. The molecule has 0 unspecified atom stereocenters. The zero-order chi connectivity index (χ0) is 13.9. The van der Waals surface area contributed by atoms with E-state index in [1.54, 1.807) is 19.1 Å². The molecule has 3 N–H and O–H groups in total. The van der Waals surface area contributed by atoms with Gasteiger partial charge in [-0.05, 0) is 37.5 Å². The van der Waals surface area contributed by atoms with Crippen LogP contribution in [-0.4, -0.2) is 14.5 Å². The summed E-state index contributed by atoms with van der Waals surface area (Å²) in [4.78, 5) is 0.214. The Morgan fingerprint density at radius 2 is 1.79 bits per heavy atom. The van der Waals surface area contributed by atoms with Crippen LogP contribution in [0, 0.1) is 6.92 Å². The molecule has 1 aliphatic carbocycles. The lowest BCUT2D eigenvalue weighted by molar-refractivity contribution is 0.597. The van der Waals surface area contributed by atoms with E-state index in [0.717, 1.165) is 18.5 Å². The molecule has 19 heavy (non-hydrogen) atoms. The Morgan fingerprint density at radius 3 is 2.37 bits per heavy atom. The molecule has 0 heterocycles. The lowest BCUT2D eigenvalue weighted by atomic mass is 10.1. The molecule has 0 atom stereocenters. The van der Waals surface area contributed by atoms with Crippen molar-refractivity contribution < 1.29 is 8.42 Å². The molecule has 1 fully saturated rings. The number of anilines is 1. The van der Waals surface area contributed by atoms with Gasteiger partial charge in [-0.25, -0.2) is 13.6 Å². The first-order valence-electron chi connectivity index (χ1n) is 6.87. The Balaban J connectivity index is 2.17. The Bertz CT molecular complexity index is 532. The highest BCUT2D eigenvalue weighted by Gasteiger charge is 2.15. The van der Waals surface area contributed by atoms with Crippen LogP contribution in [0.1, 0.15) is 44.1 Å². The van der Waals surface area contributed by atoms with Crippen LogP contribution in [0.25, 0.3) is 0 Å². The highest BCUT2D eigenvalue weighted by Crippen LogP contribution is 2.24. The summed E-state index contributed by atoms with van der Waals surface area (Å²) in [5.41, 5.74) is 1.54. The van der Waals surface area contributed by atoms with Crippen LogP contribution in [0.4, 0.5) is 5.69 Å². The minimum absolute atomic E-state index is 0.214. The quantitative estimate of drug-likeness (QED) is 0.837. The van der Waals surface area contributed by atoms with E-state index in [-0.39, 0.29) is 4.90 Å². The second kappa shape index (κ2) is 5.92. The molecule has 0 amide bonds. The molecule has 1 saturated carbocycles. The maximum absolute atomic E-state index is 11.5. The van der Waals surface area contributed by atoms with E-state index < -0.39 is 10.0 Å². The average Bonchev–Trinajstić information content (AvgIpc) is 2.59. The Morgan fingerprint density at radius 1 is 1.16 bits per heavy atom. The van der Waals surface area contributed by atoms with Crippen LogP contribution >= 0.6 is 0 Å². The van der Waals surface area contributed by atoms with Crippen molar-refractivity contribution in [1.29, 1.82) is 0 Å². The lowest BCUT2D eigenvalue weighted by Gasteiger charge is -2.18. The van der Waals surface area contributed by atoms with Gasteiger partial charge in [0.15, 0.2) is 0 Å². The van der Waals surface area contributed by atoms with Gasteiger partial charge in [0.25, 0.3) is 0 Å². The predicted molar refractivity (Wildman–Crippen MR) is 77.7 cm³/mol. The molecule has 106 valence electrons. The first-order valence-corrected chi connectivity index (χ1v) is 8.41. The van der Waals surface area contributed by atoms with Gasteiger partial charge in [-0.1, -0.05) is 31.7 Å². The molecule has 2 rings (SSSR count). The summed E-state index contributed by atoms with van der Waals surface area (Å²) in [5.74, 6) is 0. The van der Waals surface area contributed by atoms with Crippen LogP contribution in [0.5, 0.6) is 0 Å². The number of primary sulfonamides is 1. The highest BCUT2D eigenvalue weighted by atomic mass is 32.2. The molecule has 1 aliphatic rings. The second-order valence-electron chi connectivity index (χ2n) is 5.36. The third-order valence-electron chi connectivity index (χ3n) is 3.72. The minimum atomic E-state index is -3.64. The number of nitrogens with two attached hydrogens (primary N) is 1. The van der Waals surface area contributed by atoms with Crippen LogP contribution in [0.2, 0.25) is 0 Å². The molecule has 0 aromatic heterocycles. The maximum atomic E-state index is 11.5. The summed E-state index contributed by atoms with van der Waals surface area (Å²) >= 11 is 0. The molecule has 4 nitrogen and oxygen atoms in total. The maximum Gasteiger partial charge on any atom is 0.238 e. The standard InChI is InChI=1S/C14H22N2O2S/c1-11-8-9-13(10-14(11)19(15,17)18)16-12-6-4-2-3-5-7-12/h8-10,12,16H,2-7H2,1H3,(H2,15,17,18). The van der Waals surface area contributed by atoms with Gasteiger partial charge in [0.2, 0.25) is 10.0 Å². The lowest BCUT2D eigenvalue weighted by Crippen LogP contribution is -2.19. The van der Waals surface area contributed by atoms with E-state index in [9.17, 15) is 8.42 Å². The summed E-state index contributed by atoms with van der Waals surface area (Å²) in [6.07, 6.45) is 7.39. The monoisotopic (exact) mass is 282 g/mol. The van der Waals surface area contributed by atoms with Gasteiger partial charge >= 0.3 is 0 Å². The normalized spacial score (nSPS) is 18.0. The van der Waals surface area contributed by atoms with E-state index in [0.29, 0.717) is 11.6 Å². The van der Waals surface area contributed by atoms with Crippen LogP contribution in [0.15, 0.2) is 23.1 Å².